The number of benzene rings is 1. The second-order valence-corrected chi connectivity index (χ2v) is 5.37. The van der Waals surface area contributed by atoms with Gasteiger partial charge in [0.1, 0.15) is 0 Å². The van der Waals surface area contributed by atoms with E-state index in [2.05, 4.69) is 5.10 Å². The van der Waals surface area contributed by atoms with E-state index >= 15 is 0 Å². The Kier molecular flexibility index (Phi) is 4.89. The number of amides is 1. The fraction of sp³-hybridized carbons (Fsp3) is 0.429. The highest BCUT2D eigenvalue weighted by molar-refractivity contribution is 8.15. The van der Waals surface area contributed by atoms with Crippen LogP contribution in [0.15, 0.2) is 23.3 Å². The first-order valence-electron chi connectivity index (χ1n) is 6.55. The van der Waals surface area contributed by atoms with E-state index in [-0.39, 0.29) is 10.5 Å². The maximum atomic E-state index is 12.1. The van der Waals surface area contributed by atoms with Crippen LogP contribution >= 0.6 is 11.8 Å². The maximum Gasteiger partial charge on any atom is 0.307 e. The van der Waals surface area contributed by atoms with E-state index in [1.54, 1.807) is 31.5 Å². The van der Waals surface area contributed by atoms with E-state index < -0.39 is 0 Å². The first kappa shape index (κ1) is 14.7. The van der Waals surface area contributed by atoms with Gasteiger partial charge in [0.25, 0.3) is 0 Å². The molecule has 1 heterocycles. The molecule has 0 saturated heterocycles. The lowest BCUT2D eigenvalue weighted by Crippen LogP contribution is -2.29. The minimum Gasteiger partial charge on any atom is -0.493 e. The molecule has 0 spiro atoms. The van der Waals surface area contributed by atoms with E-state index in [0.717, 1.165) is 6.42 Å². The van der Waals surface area contributed by atoms with E-state index in [0.29, 0.717) is 23.8 Å². The van der Waals surface area contributed by atoms with Gasteiger partial charge in [-0.25, -0.2) is 0 Å². The number of carbonyl (C=O) groups excluding carboxylic acids is 1. The Morgan fingerprint density at radius 3 is 2.75 bits per heavy atom. The van der Waals surface area contributed by atoms with Crippen molar-refractivity contribution in [1.29, 1.82) is 0 Å². The van der Waals surface area contributed by atoms with Crippen molar-refractivity contribution in [2.45, 2.75) is 25.5 Å². The van der Waals surface area contributed by atoms with Crippen molar-refractivity contribution in [2.24, 2.45) is 5.10 Å². The van der Waals surface area contributed by atoms with Crippen molar-refractivity contribution in [2.75, 3.05) is 18.7 Å². The predicted molar refractivity (Wildman–Crippen MR) is 82.2 cm³/mol. The lowest BCUT2D eigenvalue weighted by atomic mass is 10.2. The minimum absolute atomic E-state index is 0.0782. The van der Waals surface area contributed by atoms with Crippen LogP contribution in [0, 0.1) is 0 Å². The van der Waals surface area contributed by atoms with Crippen LogP contribution in [0.5, 0.6) is 11.5 Å². The number of hydrogen-bond acceptors (Lipinski definition) is 5. The van der Waals surface area contributed by atoms with Crippen LogP contribution in [0.1, 0.15) is 20.3 Å². The van der Waals surface area contributed by atoms with Crippen molar-refractivity contribution < 1.29 is 14.3 Å². The van der Waals surface area contributed by atoms with E-state index in [9.17, 15) is 4.79 Å². The second kappa shape index (κ2) is 6.65. The predicted octanol–water partition coefficient (Wildman–Crippen LogP) is 3.53. The number of anilines is 1. The highest BCUT2D eigenvalue weighted by Crippen LogP contribution is 2.34. The Morgan fingerprint density at radius 1 is 1.35 bits per heavy atom. The van der Waals surface area contributed by atoms with Crippen molar-refractivity contribution in [3.63, 3.8) is 0 Å². The third-order valence-electron chi connectivity index (χ3n) is 2.87. The molecule has 6 heteroatoms. The van der Waals surface area contributed by atoms with Gasteiger partial charge in [-0.15, -0.1) is 0 Å². The molecule has 1 unspecified atom stereocenters. The fourth-order valence-corrected chi connectivity index (χ4v) is 2.61. The van der Waals surface area contributed by atoms with Gasteiger partial charge in [0.05, 0.1) is 24.7 Å². The van der Waals surface area contributed by atoms with E-state index in [1.807, 2.05) is 13.8 Å². The lowest BCUT2D eigenvalue weighted by molar-refractivity contribution is 0.265. The molecule has 2 rings (SSSR count). The van der Waals surface area contributed by atoms with Gasteiger partial charge in [0.2, 0.25) is 0 Å². The summed E-state index contributed by atoms with van der Waals surface area (Å²) in [6, 6.07) is 5.35. The molecule has 0 bridgehead atoms. The largest absolute Gasteiger partial charge is 0.493 e. The Bertz CT molecular complexity index is 519. The van der Waals surface area contributed by atoms with Gasteiger partial charge in [-0.2, -0.15) is 10.1 Å². The summed E-state index contributed by atoms with van der Waals surface area (Å²) in [7, 11) is 1.57. The number of hydrogen-bond donors (Lipinski definition) is 0. The van der Waals surface area contributed by atoms with Gasteiger partial charge in [0, 0.05) is 12.3 Å². The Hall–Kier alpha value is -1.69. The fourth-order valence-electron chi connectivity index (χ4n) is 1.82. The average molecular weight is 294 g/mol. The summed E-state index contributed by atoms with van der Waals surface area (Å²) < 4.78 is 10.7. The maximum absolute atomic E-state index is 12.1. The SMILES string of the molecule is CCOc1ccc(N2N=CC(CC)SC2=O)cc1OC. The molecule has 0 aromatic heterocycles. The topological polar surface area (TPSA) is 51.1 Å². The van der Waals surface area contributed by atoms with Gasteiger partial charge in [-0.05, 0) is 25.5 Å². The van der Waals surface area contributed by atoms with E-state index in [1.165, 1.54) is 16.8 Å². The molecule has 0 radical (unpaired) electrons. The highest BCUT2D eigenvalue weighted by Gasteiger charge is 2.24. The summed E-state index contributed by atoms with van der Waals surface area (Å²) in [5.41, 5.74) is 0.675. The van der Waals surface area contributed by atoms with Gasteiger partial charge < -0.3 is 9.47 Å². The monoisotopic (exact) mass is 294 g/mol. The van der Waals surface area contributed by atoms with Crippen molar-refractivity contribution >= 4 is 28.9 Å². The molecule has 0 fully saturated rings. The summed E-state index contributed by atoms with van der Waals surface area (Å²) >= 11 is 1.28. The zero-order valence-electron chi connectivity index (χ0n) is 11.8. The number of carbonyl (C=O) groups is 1. The molecule has 0 aliphatic carbocycles. The lowest BCUT2D eigenvalue weighted by Gasteiger charge is -2.23. The molecule has 1 amide bonds. The third kappa shape index (κ3) is 3.07. The van der Waals surface area contributed by atoms with Crippen LogP contribution in [0.2, 0.25) is 0 Å². The van der Waals surface area contributed by atoms with Crippen LogP contribution in [-0.2, 0) is 0 Å². The number of ether oxygens (including phenoxy) is 2. The molecular weight excluding hydrogens is 276 g/mol. The molecule has 1 atom stereocenters. The van der Waals surface area contributed by atoms with Gasteiger partial charge in [0.15, 0.2) is 11.5 Å². The number of thioether (sulfide) groups is 1. The Balaban J connectivity index is 2.27. The standard InChI is InChI=1S/C14H18N2O3S/c1-4-11-9-15-16(14(17)20-11)10-6-7-12(19-5-2)13(8-10)18-3/h6-9,11H,4-5H2,1-3H3. The molecule has 5 nitrogen and oxygen atoms in total. The summed E-state index contributed by atoms with van der Waals surface area (Å²) in [4.78, 5) is 12.1. The highest BCUT2D eigenvalue weighted by atomic mass is 32.2. The molecule has 1 aromatic rings. The van der Waals surface area contributed by atoms with Crippen LogP contribution in [0.4, 0.5) is 10.5 Å². The summed E-state index contributed by atoms with van der Waals surface area (Å²) in [5, 5.41) is 5.69. The van der Waals surface area contributed by atoms with Crippen molar-refractivity contribution in [1.82, 2.24) is 0 Å². The van der Waals surface area contributed by atoms with E-state index in [4.69, 9.17) is 9.47 Å². The quantitative estimate of drug-likeness (QED) is 0.833. The van der Waals surface area contributed by atoms with Crippen LogP contribution in [0.25, 0.3) is 0 Å². The zero-order valence-corrected chi connectivity index (χ0v) is 12.6. The molecule has 108 valence electrons. The minimum atomic E-state index is -0.0782. The molecular formula is C14H18N2O3S. The normalized spacial score (nSPS) is 18.2. The second-order valence-electron chi connectivity index (χ2n) is 4.17. The molecule has 1 aromatic carbocycles. The van der Waals surface area contributed by atoms with Crippen LogP contribution in [0.3, 0.4) is 0 Å². The number of hydrazone groups is 1. The Morgan fingerprint density at radius 2 is 2.15 bits per heavy atom. The molecule has 20 heavy (non-hydrogen) atoms. The van der Waals surface area contributed by atoms with Crippen LogP contribution < -0.4 is 14.5 Å². The number of nitrogens with zero attached hydrogens (tertiary/aromatic N) is 2. The summed E-state index contributed by atoms with van der Waals surface area (Å²) in [6.07, 6.45) is 2.69. The third-order valence-corrected chi connectivity index (χ3v) is 4.00. The first-order chi connectivity index (χ1) is 9.69. The summed E-state index contributed by atoms with van der Waals surface area (Å²) in [5.74, 6) is 1.25. The molecule has 1 aliphatic heterocycles. The Labute approximate surface area is 122 Å². The van der Waals surface area contributed by atoms with Crippen molar-refractivity contribution in [3.05, 3.63) is 18.2 Å². The number of methoxy groups -OCH3 is 1. The average Bonchev–Trinajstić information content (AvgIpc) is 2.48. The smallest absolute Gasteiger partial charge is 0.307 e. The first-order valence-corrected chi connectivity index (χ1v) is 7.43. The number of rotatable bonds is 5. The zero-order chi connectivity index (χ0) is 14.5. The van der Waals surface area contributed by atoms with Crippen molar-refractivity contribution in [3.8, 4) is 11.5 Å². The van der Waals surface area contributed by atoms with Gasteiger partial charge in [-0.1, -0.05) is 18.7 Å². The summed E-state index contributed by atoms with van der Waals surface area (Å²) in [6.45, 7) is 4.50. The molecule has 0 saturated carbocycles. The van der Waals surface area contributed by atoms with Crippen LogP contribution in [-0.4, -0.2) is 30.4 Å². The van der Waals surface area contributed by atoms with Gasteiger partial charge in [-0.3, -0.25) is 4.79 Å². The molecule has 0 N–H and O–H groups in total. The molecule has 1 aliphatic rings. The van der Waals surface area contributed by atoms with Gasteiger partial charge >= 0.3 is 5.24 Å².